The second-order valence-corrected chi connectivity index (χ2v) is 11.0. The molecule has 3 fully saturated rings. The minimum absolute atomic E-state index is 0.525. The molecule has 4 aliphatic rings. The molecule has 1 aromatic rings. The van der Waals surface area contributed by atoms with Crippen molar-refractivity contribution in [3.63, 3.8) is 0 Å². The molecule has 1 saturated carbocycles. The fraction of sp³-hybridized carbons (Fsp3) is 0.800. The van der Waals surface area contributed by atoms with E-state index in [0.29, 0.717) is 5.41 Å². The van der Waals surface area contributed by atoms with Crippen molar-refractivity contribution in [1.82, 2.24) is 14.8 Å². The van der Waals surface area contributed by atoms with Crippen LogP contribution >= 0.6 is 0 Å². The Labute approximate surface area is 171 Å². The van der Waals surface area contributed by atoms with Gasteiger partial charge in [-0.1, -0.05) is 6.07 Å². The van der Waals surface area contributed by atoms with Crippen molar-refractivity contribution in [2.24, 2.45) is 16.7 Å². The summed E-state index contributed by atoms with van der Waals surface area (Å²) in [6.45, 7) is 12.5. The molecule has 2 aliphatic heterocycles. The molecule has 0 radical (unpaired) electrons. The zero-order valence-electron chi connectivity index (χ0n) is 18.3. The molecular formula is C25H39N3. The lowest BCUT2D eigenvalue weighted by molar-refractivity contribution is 0.0735. The van der Waals surface area contributed by atoms with Gasteiger partial charge in [-0.25, -0.2) is 0 Å². The predicted molar refractivity (Wildman–Crippen MR) is 115 cm³/mol. The Bertz CT molecular complexity index is 668. The van der Waals surface area contributed by atoms with E-state index in [1.807, 2.05) is 6.20 Å². The zero-order chi connectivity index (χ0) is 19.4. The van der Waals surface area contributed by atoms with Crippen molar-refractivity contribution in [1.29, 1.82) is 0 Å². The summed E-state index contributed by atoms with van der Waals surface area (Å²) < 4.78 is 0. The molecule has 5 rings (SSSR count). The second kappa shape index (κ2) is 7.09. The Morgan fingerprint density at radius 1 is 1.00 bits per heavy atom. The van der Waals surface area contributed by atoms with Crippen molar-refractivity contribution < 1.29 is 0 Å². The SMILES string of the molecule is CC(C)N1CCC2(CC1)CC2CC(C)N1CCC2(CC1)Cc1cccnc1C2. The van der Waals surface area contributed by atoms with E-state index >= 15 is 0 Å². The summed E-state index contributed by atoms with van der Waals surface area (Å²) >= 11 is 0. The average Bonchev–Trinajstić information content (AvgIpc) is 3.20. The number of pyridine rings is 1. The first kappa shape index (κ1) is 19.1. The average molecular weight is 382 g/mol. The molecule has 3 nitrogen and oxygen atoms in total. The molecule has 2 atom stereocenters. The van der Waals surface area contributed by atoms with E-state index in [1.165, 1.54) is 88.8 Å². The number of nitrogens with zero attached hydrogens (tertiary/aromatic N) is 3. The van der Waals surface area contributed by atoms with Gasteiger partial charge in [0.2, 0.25) is 0 Å². The van der Waals surface area contributed by atoms with Gasteiger partial charge in [-0.3, -0.25) is 4.98 Å². The van der Waals surface area contributed by atoms with Crippen molar-refractivity contribution in [2.75, 3.05) is 26.2 Å². The number of fused-ring (bicyclic) bond motifs is 1. The van der Waals surface area contributed by atoms with Crippen molar-refractivity contribution >= 4 is 0 Å². The summed E-state index contributed by atoms with van der Waals surface area (Å²) in [5.41, 5.74) is 4.17. The number of aromatic nitrogens is 1. The Hall–Kier alpha value is -0.930. The fourth-order valence-corrected chi connectivity index (χ4v) is 6.83. The molecule has 0 bridgehead atoms. The lowest BCUT2D eigenvalue weighted by Gasteiger charge is -2.42. The molecule has 3 heteroatoms. The molecule has 1 aromatic heterocycles. The Morgan fingerprint density at radius 3 is 2.39 bits per heavy atom. The van der Waals surface area contributed by atoms with Gasteiger partial charge in [0.15, 0.2) is 0 Å². The largest absolute Gasteiger partial charge is 0.301 e. The predicted octanol–water partition coefficient (Wildman–Crippen LogP) is 4.55. The van der Waals surface area contributed by atoms with E-state index in [4.69, 9.17) is 0 Å². The fourth-order valence-electron chi connectivity index (χ4n) is 6.83. The van der Waals surface area contributed by atoms with Gasteiger partial charge in [-0.2, -0.15) is 0 Å². The molecule has 3 heterocycles. The first-order valence-corrected chi connectivity index (χ1v) is 11.9. The van der Waals surface area contributed by atoms with Crippen LogP contribution in [0.5, 0.6) is 0 Å². The van der Waals surface area contributed by atoms with Crippen LogP contribution in [0.25, 0.3) is 0 Å². The molecule has 2 unspecified atom stereocenters. The molecule has 0 N–H and O–H groups in total. The van der Waals surface area contributed by atoms with Crippen LogP contribution in [0, 0.1) is 16.7 Å². The van der Waals surface area contributed by atoms with Crippen LogP contribution in [0.2, 0.25) is 0 Å². The van der Waals surface area contributed by atoms with Crippen LogP contribution in [-0.2, 0) is 12.8 Å². The van der Waals surface area contributed by atoms with Crippen LogP contribution in [0.4, 0.5) is 0 Å². The zero-order valence-corrected chi connectivity index (χ0v) is 18.3. The quantitative estimate of drug-likeness (QED) is 0.763. The normalized spacial score (nSPS) is 30.1. The third-order valence-electron chi connectivity index (χ3n) is 9.08. The van der Waals surface area contributed by atoms with Crippen molar-refractivity contribution in [3.8, 4) is 0 Å². The standard InChI is InChI=1S/C25H39N3/c1-19(2)27-13-8-25(9-14-27)17-22(25)15-20(3)28-11-6-24(7-12-28)16-21-5-4-10-26-23(21)18-24/h4-5,10,19-20,22H,6-9,11-18H2,1-3H3. The Balaban J connectivity index is 1.11. The van der Waals surface area contributed by atoms with Crippen LogP contribution in [-0.4, -0.2) is 53.0 Å². The van der Waals surface area contributed by atoms with Crippen molar-refractivity contribution in [2.45, 2.75) is 84.2 Å². The first-order chi connectivity index (χ1) is 13.5. The summed E-state index contributed by atoms with van der Waals surface area (Å²) in [4.78, 5) is 10.2. The number of hydrogen-bond acceptors (Lipinski definition) is 3. The van der Waals surface area contributed by atoms with Gasteiger partial charge in [-0.05, 0) is 127 Å². The van der Waals surface area contributed by atoms with Crippen LogP contribution < -0.4 is 0 Å². The molecule has 28 heavy (non-hydrogen) atoms. The van der Waals surface area contributed by atoms with Crippen LogP contribution in [0.15, 0.2) is 18.3 Å². The number of rotatable bonds is 4. The smallest absolute Gasteiger partial charge is 0.0441 e. The maximum absolute atomic E-state index is 4.66. The van der Waals surface area contributed by atoms with E-state index in [0.717, 1.165) is 23.4 Å². The molecule has 2 saturated heterocycles. The highest BCUT2D eigenvalue weighted by Gasteiger charge is 2.55. The molecule has 2 spiro atoms. The minimum Gasteiger partial charge on any atom is -0.301 e. The maximum Gasteiger partial charge on any atom is 0.0441 e. The van der Waals surface area contributed by atoms with E-state index in [-0.39, 0.29) is 0 Å². The minimum atomic E-state index is 0.525. The first-order valence-electron chi connectivity index (χ1n) is 11.9. The summed E-state index contributed by atoms with van der Waals surface area (Å²) in [5.74, 6) is 1.01. The van der Waals surface area contributed by atoms with Gasteiger partial charge in [0.05, 0.1) is 0 Å². The second-order valence-electron chi connectivity index (χ2n) is 11.0. The third kappa shape index (κ3) is 3.43. The number of likely N-dealkylation sites (tertiary alicyclic amines) is 2. The highest BCUT2D eigenvalue weighted by atomic mass is 15.2. The Kier molecular flexibility index (Phi) is 4.83. The Morgan fingerprint density at radius 2 is 1.71 bits per heavy atom. The van der Waals surface area contributed by atoms with Gasteiger partial charge in [0.1, 0.15) is 0 Å². The molecular weight excluding hydrogens is 342 g/mol. The summed E-state index contributed by atoms with van der Waals surface area (Å²) in [6, 6.07) is 5.92. The summed E-state index contributed by atoms with van der Waals surface area (Å²) in [5, 5.41) is 0. The molecule has 154 valence electrons. The lowest BCUT2D eigenvalue weighted by Crippen LogP contribution is -2.45. The highest BCUT2D eigenvalue weighted by Crippen LogP contribution is 2.61. The van der Waals surface area contributed by atoms with Crippen molar-refractivity contribution in [3.05, 3.63) is 29.6 Å². The molecule has 0 amide bonds. The maximum atomic E-state index is 4.66. The van der Waals surface area contributed by atoms with Gasteiger partial charge < -0.3 is 9.80 Å². The summed E-state index contributed by atoms with van der Waals surface area (Å²) in [7, 11) is 0. The number of hydrogen-bond donors (Lipinski definition) is 0. The van der Waals surface area contributed by atoms with Crippen LogP contribution in [0.1, 0.15) is 70.6 Å². The van der Waals surface area contributed by atoms with E-state index in [1.54, 1.807) is 0 Å². The van der Waals surface area contributed by atoms with Gasteiger partial charge >= 0.3 is 0 Å². The summed E-state index contributed by atoms with van der Waals surface area (Å²) in [6.07, 6.45) is 13.1. The van der Waals surface area contributed by atoms with Gasteiger partial charge in [0.25, 0.3) is 0 Å². The highest BCUT2D eigenvalue weighted by molar-refractivity contribution is 5.29. The third-order valence-corrected chi connectivity index (χ3v) is 9.08. The van der Waals surface area contributed by atoms with E-state index in [9.17, 15) is 0 Å². The molecule has 2 aliphatic carbocycles. The monoisotopic (exact) mass is 381 g/mol. The van der Waals surface area contributed by atoms with E-state index < -0.39 is 0 Å². The lowest BCUT2D eigenvalue weighted by atomic mass is 9.75. The van der Waals surface area contributed by atoms with Gasteiger partial charge in [-0.15, -0.1) is 0 Å². The number of piperidine rings is 2. The topological polar surface area (TPSA) is 19.4 Å². The van der Waals surface area contributed by atoms with Crippen LogP contribution in [0.3, 0.4) is 0 Å². The molecule has 0 aromatic carbocycles. The van der Waals surface area contributed by atoms with E-state index in [2.05, 4.69) is 47.7 Å². The van der Waals surface area contributed by atoms with Gasteiger partial charge in [0, 0.05) is 24.0 Å².